The summed E-state index contributed by atoms with van der Waals surface area (Å²) in [7, 11) is 1.90. The number of nitrogens with one attached hydrogen (secondary N) is 1. The second-order valence-corrected chi connectivity index (χ2v) is 5.34. The maximum absolute atomic E-state index is 11.4. The Morgan fingerprint density at radius 2 is 2.00 bits per heavy atom. The summed E-state index contributed by atoms with van der Waals surface area (Å²) in [6.07, 6.45) is 2.59. The highest BCUT2D eigenvalue weighted by atomic mass is 16.1. The molecular formula is C16H20N2O2. The molecule has 0 bridgehead atoms. The standard InChI is InChI=1S/C16H20N2O2/c1-4-16(2,11-17-3)18-14(10-20)8-13-6-5-12(9-19)7-15(13)18/h5-10,17H,4,11H2,1-3H3. The Morgan fingerprint density at radius 1 is 1.25 bits per heavy atom. The summed E-state index contributed by atoms with van der Waals surface area (Å²) in [6.45, 7) is 4.96. The first-order chi connectivity index (χ1) is 9.59. The van der Waals surface area contributed by atoms with Crippen LogP contribution in [0.5, 0.6) is 0 Å². The molecule has 4 nitrogen and oxygen atoms in total. The van der Waals surface area contributed by atoms with Crippen LogP contribution in [-0.2, 0) is 5.54 Å². The van der Waals surface area contributed by atoms with Crippen LogP contribution in [0, 0.1) is 0 Å². The lowest BCUT2D eigenvalue weighted by Crippen LogP contribution is -2.39. The van der Waals surface area contributed by atoms with E-state index in [1.54, 1.807) is 6.07 Å². The van der Waals surface area contributed by atoms with Crippen molar-refractivity contribution < 1.29 is 9.59 Å². The molecule has 0 spiro atoms. The van der Waals surface area contributed by atoms with Crippen molar-refractivity contribution in [2.24, 2.45) is 0 Å². The zero-order chi connectivity index (χ0) is 14.8. The van der Waals surface area contributed by atoms with E-state index >= 15 is 0 Å². The van der Waals surface area contributed by atoms with Crippen molar-refractivity contribution in [1.82, 2.24) is 9.88 Å². The number of benzene rings is 1. The molecule has 1 aromatic carbocycles. The van der Waals surface area contributed by atoms with E-state index < -0.39 is 0 Å². The fourth-order valence-electron chi connectivity index (χ4n) is 2.74. The SMILES string of the molecule is CCC(C)(CNC)n1c(C=O)cc2ccc(C=O)cc21. The van der Waals surface area contributed by atoms with Crippen LogP contribution in [0.15, 0.2) is 24.3 Å². The molecule has 1 N–H and O–H groups in total. The van der Waals surface area contributed by atoms with Crippen LogP contribution >= 0.6 is 0 Å². The zero-order valence-corrected chi connectivity index (χ0v) is 12.1. The highest BCUT2D eigenvalue weighted by molar-refractivity contribution is 5.92. The number of rotatable bonds is 6. The monoisotopic (exact) mass is 272 g/mol. The van der Waals surface area contributed by atoms with Crippen molar-refractivity contribution in [3.63, 3.8) is 0 Å². The normalized spacial score (nSPS) is 14.2. The number of hydrogen-bond acceptors (Lipinski definition) is 3. The Labute approximate surface area is 118 Å². The molecule has 0 saturated carbocycles. The van der Waals surface area contributed by atoms with Gasteiger partial charge in [-0.15, -0.1) is 0 Å². The summed E-state index contributed by atoms with van der Waals surface area (Å²) in [5.41, 5.74) is 1.98. The third-order valence-electron chi connectivity index (χ3n) is 3.97. The largest absolute Gasteiger partial charge is 0.331 e. The third-order valence-corrected chi connectivity index (χ3v) is 3.97. The van der Waals surface area contributed by atoms with Crippen molar-refractivity contribution in [3.8, 4) is 0 Å². The van der Waals surface area contributed by atoms with Gasteiger partial charge in [-0.3, -0.25) is 9.59 Å². The molecule has 106 valence electrons. The molecule has 4 heteroatoms. The van der Waals surface area contributed by atoms with Gasteiger partial charge in [0.1, 0.15) is 6.29 Å². The van der Waals surface area contributed by atoms with E-state index in [1.807, 2.05) is 29.8 Å². The zero-order valence-electron chi connectivity index (χ0n) is 12.1. The van der Waals surface area contributed by atoms with Gasteiger partial charge in [-0.2, -0.15) is 0 Å². The van der Waals surface area contributed by atoms with Crippen molar-refractivity contribution in [2.75, 3.05) is 13.6 Å². The minimum atomic E-state index is -0.214. The van der Waals surface area contributed by atoms with Gasteiger partial charge in [-0.1, -0.05) is 19.1 Å². The number of fused-ring (bicyclic) bond motifs is 1. The second-order valence-electron chi connectivity index (χ2n) is 5.34. The molecule has 0 saturated heterocycles. The molecule has 0 aliphatic heterocycles. The first-order valence-electron chi connectivity index (χ1n) is 6.80. The third kappa shape index (κ3) is 2.27. The van der Waals surface area contributed by atoms with Crippen LogP contribution < -0.4 is 5.32 Å². The van der Waals surface area contributed by atoms with Gasteiger partial charge in [-0.05, 0) is 32.5 Å². The number of likely N-dealkylation sites (N-methyl/N-ethyl adjacent to an activating group) is 1. The van der Waals surface area contributed by atoms with Gasteiger partial charge < -0.3 is 9.88 Å². The van der Waals surface area contributed by atoms with E-state index in [9.17, 15) is 9.59 Å². The summed E-state index contributed by atoms with van der Waals surface area (Å²) >= 11 is 0. The van der Waals surface area contributed by atoms with Crippen molar-refractivity contribution >= 4 is 23.5 Å². The summed E-state index contributed by atoms with van der Waals surface area (Å²) in [5, 5.41) is 4.17. The summed E-state index contributed by atoms with van der Waals surface area (Å²) in [5.74, 6) is 0. The van der Waals surface area contributed by atoms with Gasteiger partial charge in [0.05, 0.1) is 11.2 Å². The van der Waals surface area contributed by atoms with Crippen LogP contribution in [0.1, 0.15) is 41.1 Å². The Balaban J connectivity index is 2.76. The second kappa shape index (κ2) is 5.59. The summed E-state index contributed by atoms with van der Waals surface area (Å²) in [6, 6.07) is 7.38. The highest BCUT2D eigenvalue weighted by Crippen LogP contribution is 2.30. The van der Waals surface area contributed by atoms with Gasteiger partial charge >= 0.3 is 0 Å². The minimum Gasteiger partial charge on any atom is -0.331 e. The average Bonchev–Trinajstić information content (AvgIpc) is 2.85. The lowest BCUT2D eigenvalue weighted by molar-refractivity contribution is 0.110. The smallest absolute Gasteiger partial charge is 0.166 e. The molecule has 1 atom stereocenters. The molecule has 0 fully saturated rings. The van der Waals surface area contributed by atoms with Crippen LogP contribution in [0.25, 0.3) is 10.9 Å². The molecule has 1 aromatic heterocycles. The van der Waals surface area contributed by atoms with Gasteiger partial charge in [-0.25, -0.2) is 0 Å². The number of nitrogens with zero attached hydrogens (tertiary/aromatic N) is 1. The molecule has 0 aliphatic rings. The molecule has 2 rings (SSSR count). The molecule has 20 heavy (non-hydrogen) atoms. The first kappa shape index (κ1) is 14.5. The molecule has 1 unspecified atom stereocenters. The average molecular weight is 272 g/mol. The summed E-state index contributed by atoms with van der Waals surface area (Å²) < 4.78 is 2.04. The fraction of sp³-hybridized carbons (Fsp3) is 0.375. The van der Waals surface area contributed by atoms with E-state index in [0.29, 0.717) is 11.3 Å². The molecule has 0 amide bonds. The quantitative estimate of drug-likeness (QED) is 0.822. The lowest BCUT2D eigenvalue weighted by Gasteiger charge is -2.32. The highest BCUT2D eigenvalue weighted by Gasteiger charge is 2.27. The molecular weight excluding hydrogens is 252 g/mol. The van der Waals surface area contributed by atoms with Crippen molar-refractivity contribution in [3.05, 3.63) is 35.5 Å². The van der Waals surface area contributed by atoms with Gasteiger partial charge in [0, 0.05) is 23.0 Å². The minimum absolute atomic E-state index is 0.214. The van der Waals surface area contributed by atoms with Crippen molar-refractivity contribution in [2.45, 2.75) is 25.8 Å². The first-order valence-corrected chi connectivity index (χ1v) is 6.80. The van der Waals surface area contributed by atoms with Crippen LogP contribution in [-0.4, -0.2) is 30.7 Å². The van der Waals surface area contributed by atoms with E-state index in [2.05, 4.69) is 19.2 Å². The van der Waals surface area contributed by atoms with Gasteiger partial charge in [0.2, 0.25) is 0 Å². The van der Waals surface area contributed by atoms with E-state index in [-0.39, 0.29) is 5.54 Å². The van der Waals surface area contributed by atoms with Gasteiger partial charge in [0.25, 0.3) is 0 Å². The number of hydrogen-bond donors (Lipinski definition) is 1. The molecule has 2 aromatic rings. The maximum Gasteiger partial charge on any atom is 0.166 e. The summed E-state index contributed by atoms with van der Waals surface area (Å²) in [4.78, 5) is 22.4. The Hall–Kier alpha value is -1.94. The number of carbonyl (C=O) groups excluding carboxylic acids is 2. The van der Waals surface area contributed by atoms with Crippen molar-refractivity contribution in [1.29, 1.82) is 0 Å². The van der Waals surface area contributed by atoms with Crippen LogP contribution in [0.3, 0.4) is 0 Å². The van der Waals surface area contributed by atoms with E-state index in [0.717, 1.165) is 36.4 Å². The van der Waals surface area contributed by atoms with Crippen LogP contribution in [0.4, 0.5) is 0 Å². The molecule has 1 heterocycles. The Bertz CT molecular complexity index is 645. The number of aromatic nitrogens is 1. The number of aldehydes is 2. The predicted octanol–water partition coefficient (Wildman–Crippen LogP) is 2.61. The topological polar surface area (TPSA) is 51.1 Å². The lowest BCUT2D eigenvalue weighted by atomic mass is 9.97. The Kier molecular flexibility index (Phi) is 4.04. The number of carbonyl (C=O) groups is 2. The Morgan fingerprint density at radius 3 is 2.55 bits per heavy atom. The van der Waals surface area contributed by atoms with Crippen LogP contribution in [0.2, 0.25) is 0 Å². The van der Waals surface area contributed by atoms with E-state index in [1.165, 1.54) is 0 Å². The maximum atomic E-state index is 11.4. The molecule has 0 radical (unpaired) electrons. The van der Waals surface area contributed by atoms with E-state index in [4.69, 9.17) is 0 Å². The fourth-order valence-corrected chi connectivity index (χ4v) is 2.74. The molecule has 0 aliphatic carbocycles. The van der Waals surface area contributed by atoms with Gasteiger partial charge in [0.15, 0.2) is 6.29 Å². The predicted molar refractivity (Wildman–Crippen MR) is 80.6 cm³/mol.